The van der Waals surface area contributed by atoms with Gasteiger partial charge in [0.2, 0.25) is 0 Å². The van der Waals surface area contributed by atoms with Gasteiger partial charge in [-0.05, 0) is 13.3 Å². The molecular formula is C11H18N4O. The maximum atomic E-state index is 12.0. The van der Waals surface area contributed by atoms with Crippen molar-refractivity contribution in [2.24, 2.45) is 0 Å². The number of hydrogen-bond acceptors (Lipinski definition) is 4. The smallest absolute Gasteiger partial charge is 0.274 e. The van der Waals surface area contributed by atoms with E-state index in [4.69, 9.17) is 0 Å². The van der Waals surface area contributed by atoms with E-state index in [-0.39, 0.29) is 5.91 Å². The van der Waals surface area contributed by atoms with E-state index < -0.39 is 0 Å². The Labute approximate surface area is 95.9 Å². The Bertz CT molecular complexity index is 336. The van der Waals surface area contributed by atoms with Crippen molar-refractivity contribution in [3.8, 4) is 0 Å². The van der Waals surface area contributed by atoms with Crippen LogP contribution in [0.15, 0.2) is 12.4 Å². The highest BCUT2D eigenvalue weighted by molar-refractivity contribution is 5.92. The minimum Gasteiger partial charge on any atom is -0.372 e. The highest BCUT2D eigenvalue weighted by atomic mass is 16.2. The zero-order valence-electron chi connectivity index (χ0n) is 10.0. The van der Waals surface area contributed by atoms with Crippen molar-refractivity contribution in [1.82, 2.24) is 14.9 Å². The number of aromatic nitrogens is 2. The predicted molar refractivity (Wildman–Crippen MR) is 63.4 cm³/mol. The summed E-state index contributed by atoms with van der Waals surface area (Å²) in [5.41, 5.74) is 0.398. The lowest BCUT2D eigenvalue weighted by Crippen LogP contribution is -2.32. The lowest BCUT2D eigenvalue weighted by molar-refractivity contribution is 0.0758. The maximum Gasteiger partial charge on any atom is 0.274 e. The molecule has 5 heteroatoms. The fourth-order valence-corrected chi connectivity index (χ4v) is 1.40. The standard InChI is InChI=1S/C11H18N4O/c1-4-6-15(5-2)11(16)9-7-14-10(12-3)8-13-9/h7-8H,4-6H2,1-3H3,(H,12,14). The fourth-order valence-electron chi connectivity index (χ4n) is 1.40. The maximum absolute atomic E-state index is 12.0. The largest absolute Gasteiger partial charge is 0.372 e. The van der Waals surface area contributed by atoms with Crippen LogP contribution in [0.3, 0.4) is 0 Å². The summed E-state index contributed by atoms with van der Waals surface area (Å²) in [5, 5.41) is 2.86. The molecule has 1 heterocycles. The van der Waals surface area contributed by atoms with Crippen molar-refractivity contribution in [3.63, 3.8) is 0 Å². The van der Waals surface area contributed by atoms with Gasteiger partial charge in [0.1, 0.15) is 11.5 Å². The molecule has 1 aromatic rings. The Morgan fingerprint density at radius 1 is 1.38 bits per heavy atom. The quantitative estimate of drug-likeness (QED) is 0.818. The topological polar surface area (TPSA) is 58.1 Å². The molecule has 1 N–H and O–H groups in total. The highest BCUT2D eigenvalue weighted by Gasteiger charge is 2.14. The van der Waals surface area contributed by atoms with Crippen LogP contribution in [0.2, 0.25) is 0 Å². The number of rotatable bonds is 5. The zero-order valence-corrected chi connectivity index (χ0v) is 10.0. The Kier molecular flexibility index (Phi) is 4.69. The molecule has 1 aromatic heterocycles. The molecule has 1 amide bonds. The number of hydrogen-bond donors (Lipinski definition) is 1. The van der Waals surface area contributed by atoms with Gasteiger partial charge in [-0.15, -0.1) is 0 Å². The van der Waals surface area contributed by atoms with E-state index in [1.165, 1.54) is 6.20 Å². The van der Waals surface area contributed by atoms with Crippen LogP contribution >= 0.6 is 0 Å². The SMILES string of the molecule is CCCN(CC)C(=O)c1cnc(NC)cn1. The van der Waals surface area contributed by atoms with E-state index >= 15 is 0 Å². The monoisotopic (exact) mass is 222 g/mol. The van der Waals surface area contributed by atoms with Crippen molar-refractivity contribution in [1.29, 1.82) is 0 Å². The van der Waals surface area contributed by atoms with Gasteiger partial charge in [-0.2, -0.15) is 0 Å². The van der Waals surface area contributed by atoms with Gasteiger partial charge in [0.15, 0.2) is 0 Å². The van der Waals surface area contributed by atoms with E-state index in [0.29, 0.717) is 18.1 Å². The number of nitrogens with one attached hydrogen (secondary N) is 1. The van der Waals surface area contributed by atoms with Gasteiger partial charge in [-0.25, -0.2) is 9.97 Å². The Balaban J connectivity index is 2.78. The molecule has 5 nitrogen and oxygen atoms in total. The molecule has 0 bridgehead atoms. The van der Waals surface area contributed by atoms with Crippen molar-refractivity contribution in [2.75, 3.05) is 25.5 Å². The van der Waals surface area contributed by atoms with Crippen LogP contribution in [-0.2, 0) is 0 Å². The third-order valence-corrected chi connectivity index (χ3v) is 2.29. The number of carbonyl (C=O) groups excluding carboxylic acids is 1. The van der Waals surface area contributed by atoms with Crippen LogP contribution in [0.25, 0.3) is 0 Å². The van der Waals surface area contributed by atoms with Crippen molar-refractivity contribution >= 4 is 11.7 Å². The fraction of sp³-hybridized carbons (Fsp3) is 0.545. The van der Waals surface area contributed by atoms with Gasteiger partial charge in [0, 0.05) is 20.1 Å². The summed E-state index contributed by atoms with van der Waals surface area (Å²) in [5.74, 6) is 0.606. The summed E-state index contributed by atoms with van der Waals surface area (Å²) in [7, 11) is 1.76. The molecule has 1 rings (SSSR count). The predicted octanol–water partition coefficient (Wildman–Crippen LogP) is 1.39. The first-order chi connectivity index (χ1) is 7.72. The van der Waals surface area contributed by atoms with Crippen LogP contribution in [0.5, 0.6) is 0 Å². The number of anilines is 1. The molecule has 0 aliphatic heterocycles. The van der Waals surface area contributed by atoms with Crippen LogP contribution < -0.4 is 5.32 Å². The molecule has 0 saturated carbocycles. The third-order valence-electron chi connectivity index (χ3n) is 2.29. The molecule has 0 aliphatic carbocycles. The second-order valence-electron chi connectivity index (χ2n) is 3.42. The molecule has 0 atom stereocenters. The number of nitrogens with zero attached hydrogens (tertiary/aromatic N) is 3. The van der Waals surface area contributed by atoms with Crippen LogP contribution in [0, 0.1) is 0 Å². The summed E-state index contributed by atoms with van der Waals surface area (Å²) < 4.78 is 0. The molecular weight excluding hydrogens is 204 g/mol. The van der Waals surface area contributed by atoms with E-state index in [1.807, 2.05) is 13.8 Å². The van der Waals surface area contributed by atoms with Gasteiger partial charge in [-0.1, -0.05) is 6.92 Å². The molecule has 0 unspecified atom stereocenters. The van der Waals surface area contributed by atoms with Crippen molar-refractivity contribution in [3.05, 3.63) is 18.1 Å². The minimum atomic E-state index is -0.0560. The van der Waals surface area contributed by atoms with Crippen molar-refractivity contribution < 1.29 is 4.79 Å². The van der Waals surface area contributed by atoms with E-state index in [9.17, 15) is 4.79 Å². The summed E-state index contributed by atoms with van der Waals surface area (Å²) in [6.07, 6.45) is 4.01. The molecule has 0 aromatic carbocycles. The Morgan fingerprint density at radius 3 is 2.56 bits per heavy atom. The first kappa shape index (κ1) is 12.4. The van der Waals surface area contributed by atoms with Crippen LogP contribution in [0.4, 0.5) is 5.82 Å². The first-order valence-corrected chi connectivity index (χ1v) is 5.52. The normalized spacial score (nSPS) is 9.94. The molecule has 0 spiro atoms. The lowest BCUT2D eigenvalue weighted by atomic mass is 10.3. The van der Waals surface area contributed by atoms with Gasteiger partial charge in [0.25, 0.3) is 5.91 Å². The average molecular weight is 222 g/mol. The molecule has 0 saturated heterocycles. The molecule has 0 radical (unpaired) electrons. The minimum absolute atomic E-state index is 0.0560. The Morgan fingerprint density at radius 2 is 2.12 bits per heavy atom. The lowest BCUT2D eigenvalue weighted by Gasteiger charge is -2.19. The average Bonchev–Trinajstić information content (AvgIpc) is 2.35. The number of carbonyl (C=O) groups is 1. The molecule has 16 heavy (non-hydrogen) atoms. The van der Waals surface area contributed by atoms with Crippen LogP contribution in [0.1, 0.15) is 30.8 Å². The van der Waals surface area contributed by atoms with Crippen molar-refractivity contribution in [2.45, 2.75) is 20.3 Å². The molecule has 0 fully saturated rings. The first-order valence-electron chi connectivity index (χ1n) is 5.52. The summed E-state index contributed by atoms with van der Waals surface area (Å²) >= 11 is 0. The van der Waals surface area contributed by atoms with Gasteiger partial charge in [-0.3, -0.25) is 4.79 Å². The van der Waals surface area contributed by atoms with E-state index in [1.54, 1.807) is 18.1 Å². The van der Waals surface area contributed by atoms with Gasteiger partial charge < -0.3 is 10.2 Å². The summed E-state index contributed by atoms with van der Waals surface area (Å²) in [6.45, 7) is 5.46. The van der Waals surface area contributed by atoms with E-state index in [2.05, 4.69) is 15.3 Å². The second kappa shape index (κ2) is 6.05. The van der Waals surface area contributed by atoms with Gasteiger partial charge >= 0.3 is 0 Å². The Hall–Kier alpha value is -1.65. The van der Waals surface area contributed by atoms with Crippen LogP contribution in [-0.4, -0.2) is 40.9 Å². The third kappa shape index (κ3) is 2.92. The van der Waals surface area contributed by atoms with Gasteiger partial charge in [0.05, 0.1) is 12.4 Å². The summed E-state index contributed by atoms with van der Waals surface area (Å²) in [4.78, 5) is 21.9. The molecule has 0 aliphatic rings. The molecule has 88 valence electrons. The second-order valence-corrected chi connectivity index (χ2v) is 3.42. The zero-order chi connectivity index (χ0) is 12.0. The highest BCUT2D eigenvalue weighted by Crippen LogP contribution is 2.04. The van der Waals surface area contributed by atoms with E-state index in [0.717, 1.165) is 13.0 Å². The number of amides is 1. The summed E-state index contributed by atoms with van der Waals surface area (Å²) in [6, 6.07) is 0.